The molecule has 0 aliphatic heterocycles. The molecule has 1 N–H and O–H groups in total. The van der Waals surface area contributed by atoms with Gasteiger partial charge in [0, 0.05) is 24.4 Å². The van der Waals surface area contributed by atoms with Crippen molar-refractivity contribution < 1.29 is 9.21 Å². The third-order valence-electron chi connectivity index (χ3n) is 3.31. The highest BCUT2D eigenvalue weighted by Crippen LogP contribution is 2.22. The molecule has 1 aliphatic rings. The third-order valence-corrected chi connectivity index (χ3v) is 3.31. The Morgan fingerprint density at radius 2 is 2.22 bits per heavy atom. The lowest BCUT2D eigenvalue weighted by atomic mass is 10.1. The molecular formula is C15H17NO2. The van der Waals surface area contributed by atoms with E-state index in [1.165, 1.54) is 18.4 Å². The summed E-state index contributed by atoms with van der Waals surface area (Å²) in [5.74, 6) is 0.560. The summed E-state index contributed by atoms with van der Waals surface area (Å²) in [4.78, 5) is 12.0. The fourth-order valence-electron chi connectivity index (χ4n) is 2.10. The first kappa shape index (κ1) is 11.5. The summed E-state index contributed by atoms with van der Waals surface area (Å²) in [6, 6.07) is 8.45. The van der Waals surface area contributed by atoms with Gasteiger partial charge >= 0.3 is 0 Å². The molecule has 0 unspecified atom stereocenters. The number of carbonyl (C=O) groups excluding carboxylic acids is 1. The molecule has 0 amide bonds. The smallest absolute Gasteiger partial charge is 0.199 e. The molecule has 1 fully saturated rings. The molecule has 0 bridgehead atoms. The lowest BCUT2D eigenvalue weighted by Crippen LogP contribution is -2.20. The van der Waals surface area contributed by atoms with Gasteiger partial charge in [-0.1, -0.05) is 11.6 Å². The normalized spacial score (nSPS) is 15.2. The Bertz CT molecular complexity index is 581. The molecule has 3 nitrogen and oxygen atoms in total. The topological polar surface area (TPSA) is 42.2 Å². The summed E-state index contributed by atoms with van der Waals surface area (Å²) in [6.45, 7) is 2.78. The number of rotatable bonds is 5. The second-order valence-corrected chi connectivity index (χ2v) is 5.05. The third kappa shape index (κ3) is 2.46. The number of fused-ring (bicyclic) bond motifs is 1. The summed E-state index contributed by atoms with van der Waals surface area (Å²) in [5.41, 5.74) is 1.97. The van der Waals surface area contributed by atoms with Crippen molar-refractivity contribution in [3.8, 4) is 0 Å². The van der Waals surface area contributed by atoms with Crippen molar-refractivity contribution in [3.63, 3.8) is 0 Å². The van der Waals surface area contributed by atoms with Gasteiger partial charge in [-0.05, 0) is 38.0 Å². The van der Waals surface area contributed by atoms with Crippen molar-refractivity contribution in [3.05, 3.63) is 35.6 Å². The Labute approximate surface area is 106 Å². The van der Waals surface area contributed by atoms with Gasteiger partial charge < -0.3 is 9.73 Å². The number of furan rings is 1. The van der Waals surface area contributed by atoms with Gasteiger partial charge in [0.05, 0.1) is 0 Å². The first-order valence-corrected chi connectivity index (χ1v) is 6.49. The fourth-order valence-corrected chi connectivity index (χ4v) is 2.10. The largest absolute Gasteiger partial charge is 0.453 e. The van der Waals surface area contributed by atoms with Crippen LogP contribution in [0.5, 0.6) is 0 Å². The Morgan fingerprint density at radius 1 is 1.39 bits per heavy atom. The van der Waals surface area contributed by atoms with Gasteiger partial charge in [-0.2, -0.15) is 0 Å². The molecule has 1 saturated carbocycles. The van der Waals surface area contributed by atoms with Gasteiger partial charge in [0.1, 0.15) is 5.58 Å². The quantitative estimate of drug-likeness (QED) is 0.821. The standard InChI is InChI=1S/C15H17NO2/c1-10-2-5-14-11(8-10)9-15(18-14)13(17)6-7-16-12-3-4-12/h2,5,8-9,12,16H,3-4,6-7H2,1H3. The summed E-state index contributed by atoms with van der Waals surface area (Å²) in [5, 5.41) is 4.35. The Hall–Kier alpha value is -1.61. The van der Waals surface area contributed by atoms with Gasteiger partial charge in [-0.15, -0.1) is 0 Å². The SMILES string of the molecule is Cc1ccc2oc(C(=O)CCNC3CC3)cc2c1. The van der Waals surface area contributed by atoms with Crippen LogP contribution in [0.1, 0.15) is 35.4 Å². The van der Waals surface area contributed by atoms with Gasteiger partial charge in [-0.3, -0.25) is 4.79 Å². The van der Waals surface area contributed by atoms with Crippen molar-refractivity contribution in [2.45, 2.75) is 32.2 Å². The Morgan fingerprint density at radius 3 is 3.00 bits per heavy atom. The van der Waals surface area contributed by atoms with Gasteiger partial charge in [0.15, 0.2) is 11.5 Å². The van der Waals surface area contributed by atoms with Crippen LogP contribution in [0.4, 0.5) is 0 Å². The first-order valence-electron chi connectivity index (χ1n) is 6.49. The molecule has 3 heteroatoms. The predicted octanol–water partition coefficient (Wildman–Crippen LogP) is 3.07. The number of ketones is 1. The van der Waals surface area contributed by atoms with Crippen LogP contribution in [0.2, 0.25) is 0 Å². The van der Waals surface area contributed by atoms with Crippen molar-refractivity contribution in [2.75, 3.05) is 6.54 Å². The maximum Gasteiger partial charge on any atom is 0.199 e. The van der Waals surface area contributed by atoms with E-state index in [-0.39, 0.29) is 5.78 Å². The number of hydrogen-bond donors (Lipinski definition) is 1. The molecule has 1 heterocycles. The zero-order valence-electron chi connectivity index (χ0n) is 10.5. The van der Waals surface area contributed by atoms with Crippen molar-refractivity contribution >= 4 is 16.8 Å². The number of hydrogen-bond acceptors (Lipinski definition) is 3. The molecule has 0 atom stereocenters. The Balaban J connectivity index is 1.70. The second-order valence-electron chi connectivity index (χ2n) is 5.05. The highest BCUT2D eigenvalue weighted by molar-refractivity contribution is 5.97. The van der Waals surface area contributed by atoms with E-state index in [0.717, 1.165) is 17.5 Å². The minimum Gasteiger partial charge on any atom is -0.453 e. The second kappa shape index (κ2) is 4.58. The lowest BCUT2D eigenvalue weighted by molar-refractivity contribution is 0.0958. The van der Waals surface area contributed by atoms with E-state index in [4.69, 9.17) is 4.42 Å². The molecular weight excluding hydrogens is 226 g/mol. The van der Waals surface area contributed by atoms with Gasteiger partial charge in [-0.25, -0.2) is 0 Å². The predicted molar refractivity (Wildman–Crippen MR) is 70.9 cm³/mol. The molecule has 3 rings (SSSR count). The van der Waals surface area contributed by atoms with Crippen LogP contribution < -0.4 is 5.32 Å². The van der Waals surface area contributed by atoms with Crippen molar-refractivity contribution in [1.29, 1.82) is 0 Å². The van der Waals surface area contributed by atoms with Crippen LogP contribution in [0.25, 0.3) is 11.0 Å². The van der Waals surface area contributed by atoms with Crippen LogP contribution in [0, 0.1) is 6.92 Å². The summed E-state index contributed by atoms with van der Waals surface area (Å²) < 4.78 is 5.58. The van der Waals surface area contributed by atoms with E-state index in [1.54, 1.807) is 0 Å². The van der Waals surface area contributed by atoms with E-state index in [2.05, 4.69) is 5.32 Å². The van der Waals surface area contributed by atoms with E-state index in [0.29, 0.717) is 18.2 Å². The van der Waals surface area contributed by atoms with Crippen LogP contribution in [0.3, 0.4) is 0 Å². The average molecular weight is 243 g/mol. The maximum absolute atomic E-state index is 12.0. The molecule has 94 valence electrons. The molecule has 2 aromatic rings. The molecule has 18 heavy (non-hydrogen) atoms. The van der Waals surface area contributed by atoms with Gasteiger partial charge in [0.25, 0.3) is 0 Å². The van der Waals surface area contributed by atoms with E-state index in [9.17, 15) is 4.79 Å². The van der Waals surface area contributed by atoms with E-state index in [1.807, 2.05) is 31.2 Å². The van der Waals surface area contributed by atoms with Crippen LogP contribution in [-0.4, -0.2) is 18.4 Å². The number of Topliss-reactive ketones (excluding diaryl/α,β-unsaturated/α-hetero) is 1. The summed E-state index contributed by atoms with van der Waals surface area (Å²) in [7, 11) is 0. The highest BCUT2D eigenvalue weighted by atomic mass is 16.3. The molecule has 0 radical (unpaired) electrons. The zero-order valence-corrected chi connectivity index (χ0v) is 10.5. The molecule has 1 aliphatic carbocycles. The lowest BCUT2D eigenvalue weighted by Gasteiger charge is -1.99. The minimum atomic E-state index is 0.0806. The number of benzene rings is 1. The molecule has 0 spiro atoms. The minimum absolute atomic E-state index is 0.0806. The van der Waals surface area contributed by atoms with Crippen LogP contribution in [0.15, 0.2) is 28.7 Å². The van der Waals surface area contributed by atoms with Gasteiger partial charge in [0.2, 0.25) is 0 Å². The highest BCUT2D eigenvalue weighted by Gasteiger charge is 2.20. The zero-order chi connectivity index (χ0) is 12.5. The van der Waals surface area contributed by atoms with Crippen molar-refractivity contribution in [2.24, 2.45) is 0 Å². The van der Waals surface area contributed by atoms with Crippen LogP contribution >= 0.6 is 0 Å². The number of aryl methyl sites for hydroxylation is 1. The molecule has 1 aromatic heterocycles. The monoisotopic (exact) mass is 243 g/mol. The summed E-state index contributed by atoms with van der Waals surface area (Å²) >= 11 is 0. The Kier molecular flexibility index (Phi) is 2.92. The van der Waals surface area contributed by atoms with E-state index >= 15 is 0 Å². The fraction of sp³-hybridized carbons (Fsp3) is 0.400. The van der Waals surface area contributed by atoms with Crippen molar-refractivity contribution in [1.82, 2.24) is 5.32 Å². The molecule has 0 saturated heterocycles. The number of nitrogens with one attached hydrogen (secondary N) is 1. The molecule has 1 aromatic carbocycles. The maximum atomic E-state index is 12.0. The number of carbonyl (C=O) groups is 1. The van der Waals surface area contributed by atoms with Crippen LogP contribution in [-0.2, 0) is 0 Å². The average Bonchev–Trinajstić information content (AvgIpc) is 3.06. The summed E-state index contributed by atoms with van der Waals surface area (Å²) in [6.07, 6.45) is 3.01. The van der Waals surface area contributed by atoms with E-state index < -0.39 is 0 Å². The first-order chi connectivity index (χ1) is 8.72.